The number of esters is 1. The maximum Gasteiger partial charge on any atom is 0.306 e. The molecule has 0 aliphatic heterocycles. The molecule has 0 saturated heterocycles. The predicted molar refractivity (Wildman–Crippen MR) is 105 cm³/mol. The minimum absolute atomic E-state index is 0.147. The smallest absolute Gasteiger partial charge is 0.306 e. The SMILES string of the molecule is CCc1cccc2c(C(=O)COC(=O)C[C@H]3C(=O)C[C@@H](C)[C@H]3C[N+](=O)[O-])c[nH]c12. The summed E-state index contributed by atoms with van der Waals surface area (Å²) in [5, 5.41) is 11.6. The Morgan fingerprint density at radius 3 is 2.79 bits per heavy atom. The molecule has 1 heterocycles. The van der Waals surface area contributed by atoms with Gasteiger partial charge in [0.25, 0.3) is 0 Å². The molecule has 1 aromatic heterocycles. The third-order valence-electron chi connectivity index (χ3n) is 5.78. The van der Waals surface area contributed by atoms with Crippen molar-refractivity contribution >= 4 is 28.4 Å². The van der Waals surface area contributed by atoms with E-state index < -0.39 is 29.3 Å². The molecular weight excluding hydrogens is 376 g/mol. The van der Waals surface area contributed by atoms with E-state index >= 15 is 0 Å². The first-order valence-corrected chi connectivity index (χ1v) is 9.74. The number of carbonyl (C=O) groups is 3. The van der Waals surface area contributed by atoms with Gasteiger partial charge < -0.3 is 9.72 Å². The Bertz CT molecular complexity index is 963. The van der Waals surface area contributed by atoms with Crippen LogP contribution in [0.3, 0.4) is 0 Å². The van der Waals surface area contributed by atoms with Crippen molar-refractivity contribution in [2.75, 3.05) is 13.2 Å². The van der Waals surface area contributed by atoms with Crippen molar-refractivity contribution in [2.24, 2.45) is 17.8 Å². The average Bonchev–Trinajstić information content (AvgIpc) is 3.22. The zero-order valence-electron chi connectivity index (χ0n) is 16.5. The molecule has 1 aromatic carbocycles. The number of aromatic amines is 1. The molecule has 1 aliphatic rings. The van der Waals surface area contributed by atoms with Crippen LogP contribution in [0.15, 0.2) is 24.4 Å². The van der Waals surface area contributed by atoms with E-state index in [1.807, 2.05) is 25.1 Å². The molecule has 0 bridgehead atoms. The number of ketones is 2. The van der Waals surface area contributed by atoms with Gasteiger partial charge in [-0.15, -0.1) is 0 Å². The number of carbonyl (C=O) groups excluding carboxylic acids is 3. The number of benzene rings is 1. The molecule has 0 spiro atoms. The maximum absolute atomic E-state index is 12.5. The first kappa shape index (κ1) is 20.7. The summed E-state index contributed by atoms with van der Waals surface area (Å²) in [5.74, 6) is -2.54. The van der Waals surface area contributed by atoms with Gasteiger partial charge >= 0.3 is 5.97 Å². The summed E-state index contributed by atoms with van der Waals surface area (Å²) in [6.07, 6.45) is 2.42. The van der Waals surface area contributed by atoms with E-state index in [1.165, 1.54) is 0 Å². The van der Waals surface area contributed by atoms with Gasteiger partial charge in [-0.1, -0.05) is 32.0 Å². The fourth-order valence-electron chi connectivity index (χ4n) is 4.20. The lowest BCUT2D eigenvalue weighted by Crippen LogP contribution is -2.28. The first-order valence-electron chi connectivity index (χ1n) is 9.74. The molecule has 3 atom stereocenters. The van der Waals surface area contributed by atoms with Crippen LogP contribution in [0, 0.1) is 27.9 Å². The Labute approximate surface area is 167 Å². The lowest BCUT2D eigenvalue weighted by atomic mass is 9.88. The van der Waals surface area contributed by atoms with Crippen LogP contribution in [0.4, 0.5) is 0 Å². The van der Waals surface area contributed by atoms with E-state index in [9.17, 15) is 24.5 Å². The molecule has 1 fully saturated rings. The van der Waals surface area contributed by atoms with Crippen LogP contribution < -0.4 is 0 Å². The molecule has 3 rings (SSSR count). The fraction of sp³-hybridized carbons (Fsp3) is 0.476. The van der Waals surface area contributed by atoms with Crippen molar-refractivity contribution in [3.8, 4) is 0 Å². The quantitative estimate of drug-likeness (QED) is 0.315. The minimum Gasteiger partial charge on any atom is -0.457 e. The van der Waals surface area contributed by atoms with Crippen molar-refractivity contribution in [3.05, 3.63) is 45.6 Å². The highest BCUT2D eigenvalue weighted by atomic mass is 16.6. The summed E-state index contributed by atoms with van der Waals surface area (Å²) in [6.45, 7) is 3.02. The van der Waals surface area contributed by atoms with Gasteiger partial charge in [-0.3, -0.25) is 24.5 Å². The van der Waals surface area contributed by atoms with E-state index in [1.54, 1.807) is 13.1 Å². The van der Waals surface area contributed by atoms with Crippen molar-refractivity contribution in [1.29, 1.82) is 0 Å². The monoisotopic (exact) mass is 400 g/mol. The molecule has 0 amide bonds. The van der Waals surface area contributed by atoms with Gasteiger partial charge in [0.05, 0.1) is 6.42 Å². The van der Waals surface area contributed by atoms with Gasteiger partial charge in [0.15, 0.2) is 6.61 Å². The molecule has 154 valence electrons. The molecule has 2 aromatic rings. The van der Waals surface area contributed by atoms with E-state index in [-0.39, 0.29) is 36.9 Å². The van der Waals surface area contributed by atoms with Crippen LogP contribution in [0.25, 0.3) is 10.9 Å². The number of fused-ring (bicyclic) bond motifs is 1. The molecule has 29 heavy (non-hydrogen) atoms. The number of aromatic nitrogens is 1. The van der Waals surface area contributed by atoms with Crippen molar-refractivity contribution in [1.82, 2.24) is 4.98 Å². The molecule has 1 saturated carbocycles. The number of ether oxygens (including phenoxy) is 1. The van der Waals surface area contributed by atoms with Gasteiger partial charge in [-0.2, -0.15) is 0 Å². The lowest BCUT2D eigenvalue weighted by Gasteiger charge is -2.16. The second-order valence-corrected chi connectivity index (χ2v) is 7.62. The molecule has 1 aliphatic carbocycles. The first-order chi connectivity index (χ1) is 13.8. The summed E-state index contributed by atoms with van der Waals surface area (Å²) in [6, 6.07) is 5.69. The van der Waals surface area contributed by atoms with E-state index in [4.69, 9.17) is 4.74 Å². The molecule has 0 unspecified atom stereocenters. The van der Waals surface area contributed by atoms with Crippen LogP contribution in [-0.4, -0.2) is 40.6 Å². The molecule has 8 heteroatoms. The third kappa shape index (κ3) is 4.36. The van der Waals surface area contributed by atoms with Gasteiger partial charge in [0.2, 0.25) is 12.3 Å². The zero-order chi connectivity index (χ0) is 21.1. The Balaban J connectivity index is 1.63. The highest BCUT2D eigenvalue weighted by Crippen LogP contribution is 2.36. The third-order valence-corrected chi connectivity index (χ3v) is 5.78. The summed E-state index contributed by atoms with van der Waals surface area (Å²) in [5.41, 5.74) is 2.42. The lowest BCUT2D eigenvalue weighted by molar-refractivity contribution is -0.490. The average molecular weight is 400 g/mol. The summed E-state index contributed by atoms with van der Waals surface area (Å²) < 4.78 is 5.11. The number of Topliss-reactive ketones (excluding diaryl/α,β-unsaturated/α-hetero) is 2. The topological polar surface area (TPSA) is 119 Å². The Morgan fingerprint density at radius 2 is 2.10 bits per heavy atom. The highest BCUT2D eigenvalue weighted by molar-refractivity contribution is 6.09. The number of aryl methyl sites for hydroxylation is 1. The number of nitrogens with one attached hydrogen (secondary N) is 1. The number of hydrogen-bond acceptors (Lipinski definition) is 6. The van der Waals surface area contributed by atoms with E-state index in [2.05, 4.69) is 4.98 Å². The fourth-order valence-corrected chi connectivity index (χ4v) is 4.20. The number of rotatable bonds is 8. The number of hydrogen-bond donors (Lipinski definition) is 1. The van der Waals surface area contributed by atoms with Gasteiger partial charge in [0, 0.05) is 45.8 Å². The van der Waals surface area contributed by atoms with Crippen LogP contribution >= 0.6 is 0 Å². The number of nitro groups is 1. The Hall–Kier alpha value is -3.03. The maximum atomic E-state index is 12.5. The largest absolute Gasteiger partial charge is 0.457 e. The van der Waals surface area contributed by atoms with E-state index in [0.717, 1.165) is 22.9 Å². The van der Waals surface area contributed by atoms with E-state index in [0.29, 0.717) is 5.56 Å². The minimum atomic E-state index is -0.724. The molecular formula is C21H24N2O6. The number of para-hydroxylation sites is 1. The van der Waals surface area contributed by atoms with Gasteiger partial charge in [0.1, 0.15) is 5.78 Å². The second-order valence-electron chi connectivity index (χ2n) is 7.62. The van der Waals surface area contributed by atoms with Crippen LogP contribution in [0.5, 0.6) is 0 Å². The summed E-state index contributed by atoms with van der Waals surface area (Å²) in [7, 11) is 0. The molecule has 8 nitrogen and oxygen atoms in total. The summed E-state index contributed by atoms with van der Waals surface area (Å²) in [4.78, 5) is 50.4. The van der Waals surface area contributed by atoms with Gasteiger partial charge in [-0.25, -0.2) is 0 Å². The zero-order valence-corrected chi connectivity index (χ0v) is 16.5. The Morgan fingerprint density at radius 1 is 1.34 bits per heavy atom. The normalized spacial score (nSPS) is 21.4. The van der Waals surface area contributed by atoms with Crippen LogP contribution in [0.1, 0.15) is 42.6 Å². The highest BCUT2D eigenvalue weighted by Gasteiger charge is 2.44. The predicted octanol–water partition coefficient (Wildman–Crippen LogP) is 2.96. The molecule has 1 N–H and O–H groups in total. The number of H-pyrrole nitrogens is 1. The Kier molecular flexibility index (Phi) is 6.10. The van der Waals surface area contributed by atoms with Crippen molar-refractivity contribution in [2.45, 2.75) is 33.1 Å². The van der Waals surface area contributed by atoms with Crippen molar-refractivity contribution in [3.63, 3.8) is 0 Å². The van der Waals surface area contributed by atoms with Crippen LogP contribution in [0.2, 0.25) is 0 Å². The number of nitrogens with zero attached hydrogens (tertiary/aromatic N) is 1. The van der Waals surface area contributed by atoms with Crippen LogP contribution in [-0.2, 0) is 20.7 Å². The van der Waals surface area contributed by atoms with Gasteiger partial charge in [-0.05, 0) is 17.9 Å². The van der Waals surface area contributed by atoms with Crippen molar-refractivity contribution < 1.29 is 24.0 Å². The summed E-state index contributed by atoms with van der Waals surface area (Å²) >= 11 is 0. The second kappa shape index (κ2) is 8.55. The standard InChI is InChI=1S/C21H24N2O6/c1-3-13-5-4-6-14-16(9-22-21(13)14)19(25)11-29-20(26)8-15-17(10-23(27)28)12(2)7-18(15)24/h4-6,9,12,15,17,22H,3,7-8,10-11H2,1-2H3/t12-,15-,17-/m1/s1. The molecule has 0 radical (unpaired) electrons.